The minimum atomic E-state index is -4.76. The van der Waals surface area contributed by atoms with Gasteiger partial charge in [-0.3, -0.25) is 14.3 Å². The topological polar surface area (TPSA) is 119 Å². The molecule has 3 rings (SSSR count). The number of aromatic nitrogens is 4. The summed E-state index contributed by atoms with van der Waals surface area (Å²) in [6.07, 6.45) is -3.24. The number of alkyl halides is 3. The van der Waals surface area contributed by atoms with Crippen molar-refractivity contribution in [2.45, 2.75) is 24.3 Å². The Kier molecular flexibility index (Phi) is 7.82. The summed E-state index contributed by atoms with van der Waals surface area (Å²) in [5.74, 6) is -2.31. The lowest BCUT2D eigenvalue weighted by Crippen LogP contribution is -2.25. The van der Waals surface area contributed by atoms with Crippen LogP contribution >= 0.6 is 23.1 Å². The maximum absolute atomic E-state index is 13.2. The largest absolute Gasteiger partial charge is 0.451 e. The highest BCUT2D eigenvalue weighted by molar-refractivity contribution is 8.00. The number of carbonyl (C=O) groups excluding carboxylic acids is 2. The van der Waals surface area contributed by atoms with Gasteiger partial charge in [-0.05, 0) is 12.1 Å². The number of hydrogen-bond acceptors (Lipinski definition) is 9. The van der Waals surface area contributed by atoms with Gasteiger partial charge in [0.2, 0.25) is 11.7 Å². The number of fused-ring (bicyclic) bond motifs is 1. The highest BCUT2D eigenvalue weighted by Gasteiger charge is 2.36. The summed E-state index contributed by atoms with van der Waals surface area (Å²) in [4.78, 5) is 31.9. The molecule has 1 amide bonds. The Labute approximate surface area is 188 Å². The summed E-state index contributed by atoms with van der Waals surface area (Å²) < 4.78 is 46.1. The van der Waals surface area contributed by atoms with Gasteiger partial charge in [-0.2, -0.15) is 18.3 Å². The lowest BCUT2D eigenvalue weighted by molar-refractivity contribution is -0.145. The fraction of sp³-hybridized carbons (Fsp3) is 0.389. The van der Waals surface area contributed by atoms with Crippen LogP contribution in [0.2, 0.25) is 0 Å². The molecular weight excluding hydrogens is 471 g/mol. The average Bonchev–Trinajstić information content (AvgIpc) is 3.40. The first kappa shape index (κ1) is 24.1. The van der Waals surface area contributed by atoms with Crippen LogP contribution < -0.4 is 5.32 Å². The van der Waals surface area contributed by atoms with E-state index >= 15 is 0 Å². The van der Waals surface area contributed by atoms with Crippen LogP contribution in [0.5, 0.6) is 0 Å². The van der Waals surface area contributed by atoms with Gasteiger partial charge in [0.25, 0.3) is 0 Å². The number of aliphatic hydroxyl groups excluding tert-OH is 1. The second-order valence-corrected chi connectivity index (χ2v) is 8.52. The van der Waals surface area contributed by atoms with E-state index in [4.69, 9.17) is 9.84 Å². The summed E-state index contributed by atoms with van der Waals surface area (Å²) in [5.41, 5.74) is -0.114. The van der Waals surface area contributed by atoms with E-state index in [0.717, 1.165) is 23.1 Å². The van der Waals surface area contributed by atoms with E-state index in [1.54, 1.807) is 12.1 Å². The maximum atomic E-state index is 13.2. The molecule has 2 N–H and O–H groups in total. The summed E-state index contributed by atoms with van der Waals surface area (Å²) in [5, 5.41) is 15.6. The highest BCUT2D eigenvalue weighted by atomic mass is 32.2. The summed E-state index contributed by atoms with van der Waals surface area (Å²) in [6, 6.07) is 3.23. The Hall–Kier alpha value is -2.55. The molecule has 32 heavy (non-hydrogen) atoms. The molecule has 9 nitrogen and oxygen atoms in total. The second-order valence-electron chi connectivity index (χ2n) is 6.39. The van der Waals surface area contributed by atoms with Gasteiger partial charge in [0, 0.05) is 18.2 Å². The number of rotatable bonds is 10. The molecule has 3 heterocycles. The molecule has 172 valence electrons. The second kappa shape index (κ2) is 10.4. The Balaban J connectivity index is 1.77. The van der Waals surface area contributed by atoms with Crippen LogP contribution in [-0.4, -0.2) is 62.6 Å². The molecule has 0 aliphatic rings. The van der Waals surface area contributed by atoms with E-state index in [0.29, 0.717) is 28.3 Å². The van der Waals surface area contributed by atoms with E-state index < -0.39 is 24.5 Å². The maximum Gasteiger partial charge on any atom is 0.451 e. The van der Waals surface area contributed by atoms with E-state index in [9.17, 15) is 22.8 Å². The molecule has 3 aromatic rings. The van der Waals surface area contributed by atoms with Crippen LogP contribution in [0, 0.1) is 0 Å². The third-order valence-corrected chi connectivity index (χ3v) is 6.17. The molecule has 0 saturated heterocycles. The number of nitrogens with one attached hydrogen (secondary N) is 1. The molecule has 3 aromatic heterocycles. The third kappa shape index (κ3) is 6.03. The number of Topliss-reactive ketones (excluding diaryl/α,β-unsaturated/α-hetero) is 1. The van der Waals surface area contributed by atoms with E-state index in [-0.39, 0.29) is 28.8 Å². The van der Waals surface area contributed by atoms with Crippen molar-refractivity contribution in [2.75, 3.05) is 26.1 Å². The molecule has 0 fully saturated rings. The molecule has 14 heteroatoms. The first-order valence-corrected chi connectivity index (χ1v) is 10.9. The molecule has 0 aliphatic carbocycles. The number of ether oxygens (including phenoxy) is 1. The summed E-state index contributed by atoms with van der Waals surface area (Å²) >= 11 is 2.02. The van der Waals surface area contributed by atoms with Gasteiger partial charge in [-0.1, -0.05) is 11.8 Å². The number of carbonyl (C=O) groups is 2. The number of thiophene rings is 1. The number of nitrogens with zero attached hydrogens (tertiary/aromatic N) is 4. The average molecular weight is 490 g/mol. The lowest BCUT2D eigenvalue weighted by atomic mass is 10.3. The predicted octanol–water partition coefficient (Wildman–Crippen LogP) is 2.14. The number of halogens is 3. The molecule has 0 spiro atoms. The highest BCUT2D eigenvalue weighted by Crippen LogP contribution is 2.32. The number of amides is 1. The van der Waals surface area contributed by atoms with Crippen LogP contribution in [0.3, 0.4) is 0 Å². The SMILES string of the molecule is COCCn1cc2c(SCC(=O)c3ccc(CNC(=O)CO)s3)nc(C(F)(F)F)nc2n1. The van der Waals surface area contributed by atoms with E-state index in [1.165, 1.54) is 18.0 Å². The fourth-order valence-electron chi connectivity index (χ4n) is 2.53. The molecule has 0 aliphatic heterocycles. The van der Waals surface area contributed by atoms with Gasteiger partial charge in [0.15, 0.2) is 11.4 Å². The molecule has 0 unspecified atom stereocenters. The van der Waals surface area contributed by atoms with Crippen LogP contribution in [0.15, 0.2) is 23.4 Å². The molecule has 0 radical (unpaired) electrons. The number of aliphatic hydroxyl groups is 1. The van der Waals surface area contributed by atoms with Gasteiger partial charge >= 0.3 is 6.18 Å². The minimum Gasteiger partial charge on any atom is -0.387 e. The summed E-state index contributed by atoms with van der Waals surface area (Å²) in [6.45, 7) is 0.159. The Morgan fingerprint density at radius 2 is 2.09 bits per heavy atom. The van der Waals surface area contributed by atoms with Gasteiger partial charge in [0.05, 0.1) is 35.7 Å². The fourth-order valence-corrected chi connectivity index (χ4v) is 4.38. The van der Waals surface area contributed by atoms with Crippen LogP contribution in [0.4, 0.5) is 13.2 Å². The predicted molar refractivity (Wildman–Crippen MR) is 111 cm³/mol. The number of ketones is 1. The Bertz CT molecular complexity index is 1120. The minimum absolute atomic E-state index is 0.00586. The summed E-state index contributed by atoms with van der Waals surface area (Å²) in [7, 11) is 1.49. The monoisotopic (exact) mass is 489 g/mol. The van der Waals surface area contributed by atoms with Crippen LogP contribution in [0.1, 0.15) is 20.4 Å². The zero-order valence-electron chi connectivity index (χ0n) is 16.7. The first-order chi connectivity index (χ1) is 15.2. The standard InChI is InChI=1S/C18H18F3N5O4S2/c1-30-5-4-26-7-11-15(25-26)23-17(18(19,20)21)24-16(11)31-9-12(28)13-3-2-10(32-13)6-22-14(29)8-27/h2-3,7,27H,4-6,8-9H2,1H3,(H,22,29). The smallest absolute Gasteiger partial charge is 0.387 e. The quantitative estimate of drug-likeness (QED) is 0.253. The van der Waals surface area contributed by atoms with Crippen molar-refractivity contribution in [3.8, 4) is 0 Å². The third-order valence-electron chi connectivity index (χ3n) is 4.05. The number of methoxy groups -OCH3 is 1. The van der Waals surface area contributed by atoms with Crippen molar-refractivity contribution < 1.29 is 32.6 Å². The zero-order chi connectivity index (χ0) is 23.3. The van der Waals surface area contributed by atoms with Crippen molar-refractivity contribution in [2.24, 2.45) is 0 Å². The number of thioether (sulfide) groups is 1. The van der Waals surface area contributed by atoms with Crippen molar-refractivity contribution in [3.63, 3.8) is 0 Å². The number of hydrogen-bond donors (Lipinski definition) is 2. The van der Waals surface area contributed by atoms with Crippen LogP contribution in [0.25, 0.3) is 11.0 Å². The van der Waals surface area contributed by atoms with E-state index in [2.05, 4.69) is 20.4 Å². The first-order valence-electron chi connectivity index (χ1n) is 9.15. The van der Waals surface area contributed by atoms with Crippen molar-refractivity contribution in [1.82, 2.24) is 25.1 Å². The van der Waals surface area contributed by atoms with Gasteiger partial charge in [-0.15, -0.1) is 11.3 Å². The normalized spacial score (nSPS) is 11.8. The molecule has 0 atom stereocenters. The van der Waals surface area contributed by atoms with Crippen molar-refractivity contribution in [3.05, 3.63) is 33.9 Å². The Morgan fingerprint density at radius 1 is 1.31 bits per heavy atom. The van der Waals surface area contributed by atoms with Crippen LogP contribution in [-0.2, 0) is 28.8 Å². The molecule has 0 bridgehead atoms. The van der Waals surface area contributed by atoms with Gasteiger partial charge in [-0.25, -0.2) is 9.97 Å². The lowest BCUT2D eigenvalue weighted by Gasteiger charge is -2.07. The molecular formula is C18H18F3N5O4S2. The molecule has 0 aromatic carbocycles. The van der Waals surface area contributed by atoms with Crippen molar-refractivity contribution >= 4 is 45.8 Å². The van der Waals surface area contributed by atoms with Gasteiger partial charge < -0.3 is 15.2 Å². The Morgan fingerprint density at radius 3 is 2.78 bits per heavy atom. The van der Waals surface area contributed by atoms with Gasteiger partial charge in [0.1, 0.15) is 11.6 Å². The molecule has 0 saturated carbocycles. The van der Waals surface area contributed by atoms with Crippen molar-refractivity contribution in [1.29, 1.82) is 0 Å². The zero-order valence-corrected chi connectivity index (χ0v) is 18.3. The van der Waals surface area contributed by atoms with E-state index in [1.807, 2.05) is 0 Å².